The van der Waals surface area contributed by atoms with E-state index in [1.807, 2.05) is 18.2 Å². The van der Waals surface area contributed by atoms with Crippen LogP contribution in [-0.4, -0.2) is 12.6 Å². The fourth-order valence-corrected chi connectivity index (χ4v) is 4.67. The maximum atomic E-state index is 13.2. The maximum Gasteiger partial charge on any atom is 0.416 e. The first-order valence-corrected chi connectivity index (χ1v) is 8.75. The molecular weight excluding hydrogens is 333 g/mol. The molecule has 2 heterocycles. The maximum absolute atomic E-state index is 13.2. The zero-order valence-corrected chi connectivity index (χ0v) is 13.7. The van der Waals surface area contributed by atoms with Gasteiger partial charge in [0, 0.05) is 22.4 Å². The van der Waals surface area contributed by atoms with Crippen molar-refractivity contribution < 1.29 is 13.2 Å². The third kappa shape index (κ3) is 2.67. The number of hydrogen-bond acceptors (Lipinski definition) is 3. The van der Waals surface area contributed by atoms with Crippen molar-refractivity contribution in [2.75, 3.05) is 11.4 Å². The Kier molecular flexibility index (Phi) is 3.77. The van der Waals surface area contributed by atoms with Gasteiger partial charge in [-0.05, 0) is 42.7 Å². The highest BCUT2D eigenvalue weighted by atomic mass is 32.2. The second kappa shape index (κ2) is 5.70. The Hall–Kier alpha value is -1.66. The van der Waals surface area contributed by atoms with Gasteiger partial charge in [0.2, 0.25) is 0 Å². The Morgan fingerprint density at radius 3 is 2.67 bits per heavy atom. The van der Waals surface area contributed by atoms with E-state index in [9.17, 15) is 13.2 Å². The van der Waals surface area contributed by atoms with Gasteiger partial charge in [-0.2, -0.15) is 13.2 Å². The van der Waals surface area contributed by atoms with E-state index in [1.54, 1.807) is 17.8 Å². The van der Waals surface area contributed by atoms with E-state index in [-0.39, 0.29) is 12.1 Å². The molecule has 2 atom stereocenters. The van der Waals surface area contributed by atoms with E-state index in [0.717, 1.165) is 28.2 Å². The summed E-state index contributed by atoms with van der Waals surface area (Å²) in [5.74, 6) is 0. The molecule has 4 rings (SSSR count). The van der Waals surface area contributed by atoms with E-state index in [1.165, 1.54) is 12.1 Å². The lowest BCUT2D eigenvalue weighted by Gasteiger charge is -2.40. The molecule has 2 N–H and O–H groups in total. The fraction of sp³-hybridized carbons (Fsp3) is 0.333. The number of anilines is 1. The number of rotatable bonds is 0. The summed E-state index contributed by atoms with van der Waals surface area (Å²) in [5.41, 5.74) is 7.38. The van der Waals surface area contributed by atoms with Crippen molar-refractivity contribution in [2.24, 2.45) is 5.73 Å². The molecule has 0 saturated carbocycles. The molecule has 1 fully saturated rings. The second-order valence-electron chi connectivity index (χ2n) is 6.31. The van der Waals surface area contributed by atoms with Gasteiger partial charge in [-0.15, -0.1) is 0 Å². The van der Waals surface area contributed by atoms with Gasteiger partial charge in [-0.25, -0.2) is 0 Å². The van der Waals surface area contributed by atoms with E-state index in [2.05, 4.69) is 11.0 Å². The third-order valence-electron chi connectivity index (χ3n) is 4.74. The molecule has 2 unspecified atom stereocenters. The molecule has 6 heteroatoms. The average molecular weight is 350 g/mol. The molecular formula is C18H17F3N2S. The van der Waals surface area contributed by atoms with Gasteiger partial charge >= 0.3 is 6.18 Å². The van der Waals surface area contributed by atoms with Crippen LogP contribution in [0.4, 0.5) is 18.9 Å². The zero-order valence-electron chi connectivity index (χ0n) is 12.9. The number of fused-ring (bicyclic) bond motifs is 5. The number of nitrogens with two attached hydrogens (primary N) is 1. The number of alkyl halides is 3. The molecule has 0 aliphatic carbocycles. The van der Waals surface area contributed by atoms with Crippen molar-refractivity contribution in [3.8, 4) is 0 Å². The van der Waals surface area contributed by atoms with Crippen molar-refractivity contribution in [1.82, 2.24) is 0 Å². The van der Waals surface area contributed by atoms with Crippen molar-refractivity contribution >= 4 is 17.4 Å². The van der Waals surface area contributed by atoms with E-state index in [4.69, 9.17) is 5.73 Å². The first-order chi connectivity index (χ1) is 11.4. The molecule has 24 heavy (non-hydrogen) atoms. The van der Waals surface area contributed by atoms with Gasteiger partial charge in [0.25, 0.3) is 0 Å². The van der Waals surface area contributed by atoms with Crippen molar-refractivity contribution in [1.29, 1.82) is 0 Å². The lowest BCUT2D eigenvalue weighted by atomic mass is 9.91. The van der Waals surface area contributed by atoms with Gasteiger partial charge < -0.3 is 10.6 Å². The van der Waals surface area contributed by atoms with Crippen LogP contribution in [0.2, 0.25) is 0 Å². The van der Waals surface area contributed by atoms with Crippen LogP contribution in [0.1, 0.15) is 30.0 Å². The molecule has 1 saturated heterocycles. The normalized spacial score (nSPS) is 23.1. The van der Waals surface area contributed by atoms with Crippen molar-refractivity contribution in [2.45, 2.75) is 40.9 Å². The predicted octanol–water partition coefficient (Wildman–Crippen LogP) is 4.84. The predicted molar refractivity (Wildman–Crippen MR) is 89.3 cm³/mol. The van der Waals surface area contributed by atoms with E-state index >= 15 is 0 Å². The van der Waals surface area contributed by atoms with Gasteiger partial charge in [0.15, 0.2) is 0 Å². The summed E-state index contributed by atoms with van der Waals surface area (Å²) in [6, 6.07) is 12.2. The molecule has 2 nitrogen and oxygen atoms in total. The van der Waals surface area contributed by atoms with Crippen molar-refractivity contribution in [3.05, 3.63) is 53.6 Å². The van der Waals surface area contributed by atoms with Crippen LogP contribution in [0.15, 0.2) is 52.3 Å². The van der Waals surface area contributed by atoms with Gasteiger partial charge in [-0.1, -0.05) is 30.0 Å². The zero-order chi connectivity index (χ0) is 16.9. The number of piperidine rings is 1. The first-order valence-electron chi connectivity index (χ1n) is 7.94. The largest absolute Gasteiger partial charge is 0.416 e. The van der Waals surface area contributed by atoms with Crippen LogP contribution in [0.3, 0.4) is 0 Å². The Bertz CT molecular complexity index is 775. The smallest absolute Gasteiger partial charge is 0.363 e. The summed E-state index contributed by atoms with van der Waals surface area (Å²) in [5, 5.41) is 0. The monoisotopic (exact) mass is 350 g/mol. The first kappa shape index (κ1) is 15.8. The fourth-order valence-electron chi connectivity index (χ4n) is 3.55. The van der Waals surface area contributed by atoms with Gasteiger partial charge in [0.1, 0.15) is 0 Å². The highest BCUT2D eigenvalue weighted by Crippen LogP contribution is 2.49. The topological polar surface area (TPSA) is 29.3 Å². The summed E-state index contributed by atoms with van der Waals surface area (Å²) in [6.07, 6.45) is -2.78. The van der Waals surface area contributed by atoms with Crippen molar-refractivity contribution in [3.63, 3.8) is 0 Å². The number of halogens is 3. The third-order valence-corrected chi connectivity index (χ3v) is 5.89. The molecule has 0 aromatic heterocycles. The summed E-state index contributed by atoms with van der Waals surface area (Å²) in [6.45, 7) is 0.676. The van der Waals surface area contributed by atoms with Gasteiger partial charge in [0.05, 0.1) is 17.3 Å². The van der Waals surface area contributed by atoms with Crippen LogP contribution >= 0.6 is 11.8 Å². The van der Waals surface area contributed by atoms with Crippen LogP contribution in [0.5, 0.6) is 0 Å². The lowest BCUT2D eigenvalue weighted by Crippen LogP contribution is -2.42. The molecule has 0 bridgehead atoms. The minimum Gasteiger partial charge on any atom is -0.363 e. The average Bonchev–Trinajstić information content (AvgIpc) is 2.67. The molecule has 2 aliphatic heterocycles. The highest BCUT2D eigenvalue weighted by molar-refractivity contribution is 7.99. The molecule has 126 valence electrons. The van der Waals surface area contributed by atoms with E-state index < -0.39 is 11.7 Å². The minimum absolute atomic E-state index is 0.0298. The standard InChI is InChI=1S/C18H17F3N2S/c19-18(20,21)11-5-6-17-15(9-11)23-8-7-12(22)10-14(23)13-3-1-2-4-16(13)24-17/h1-6,9,12,14H,7-8,10,22H2. The summed E-state index contributed by atoms with van der Waals surface area (Å²) < 4.78 is 39.5. The summed E-state index contributed by atoms with van der Waals surface area (Å²) in [7, 11) is 0. The number of nitrogens with zero attached hydrogens (tertiary/aromatic N) is 1. The number of hydrogen-bond donors (Lipinski definition) is 1. The summed E-state index contributed by atoms with van der Waals surface area (Å²) >= 11 is 1.54. The Morgan fingerprint density at radius 2 is 1.88 bits per heavy atom. The second-order valence-corrected chi connectivity index (χ2v) is 7.40. The molecule has 0 spiro atoms. The van der Waals surface area contributed by atoms with E-state index in [0.29, 0.717) is 12.2 Å². The quantitative estimate of drug-likeness (QED) is 0.737. The Labute approximate surface area is 142 Å². The molecule has 0 radical (unpaired) electrons. The summed E-state index contributed by atoms with van der Waals surface area (Å²) in [4.78, 5) is 4.07. The lowest BCUT2D eigenvalue weighted by molar-refractivity contribution is -0.137. The Morgan fingerprint density at radius 1 is 1.08 bits per heavy atom. The molecule has 2 aromatic rings. The van der Waals surface area contributed by atoms with Crippen LogP contribution < -0.4 is 10.6 Å². The van der Waals surface area contributed by atoms with Crippen LogP contribution in [0.25, 0.3) is 0 Å². The SMILES string of the molecule is NC1CCN2c3cc(C(F)(F)F)ccc3Sc3ccccc3C2C1. The molecule has 0 amide bonds. The highest BCUT2D eigenvalue weighted by Gasteiger charge is 2.36. The van der Waals surface area contributed by atoms with Gasteiger partial charge in [-0.3, -0.25) is 0 Å². The molecule has 2 aromatic carbocycles. The molecule has 2 aliphatic rings. The Balaban J connectivity index is 1.88. The van der Waals surface area contributed by atoms with Crippen LogP contribution in [-0.2, 0) is 6.18 Å². The van der Waals surface area contributed by atoms with Crippen LogP contribution in [0, 0.1) is 0 Å². The minimum atomic E-state index is -4.33. The number of benzene rings is 2.